The van der Waals surface area contributed by atoms with Gasteiger partial charge in [-0.1, -0.05) is 42.5 Å². The second kappa shape index (κ2) is 5.92. The van der Waals surface area contributed by atoms with E-state index in [0.717, 1.165) is 11.0 Å². The van der Waals surface area contributed by atoms with Crippen LogP contribution in [0.1, 0.15) is 16.8 Å². The molecule has 0 aliphatic rings. The van der Waals surface area contributed by atoms with Crippen molar-refractivity contribution < 1.29 is 5.11 Å². The summed E-state index contributed by atoms with van der Waals surface area (Å²) in [7, 11) is 0. The fourth-order valence-electron chi connectivity index (χ4n) is 2.21. The van der Waals surface area contributed by atoms with Gasteiger partial charge in [-0.25, -0.2) is 4.98 Å². The first-order chi connectivity index (χ1) is 10.7. The fourth-order valence-corrected chi connectivity index (χ4v) is 2.46. The number of nitrogens with one attached hydrogen (secondary N) is 1. The molecule has 0 saturated heterocycles. The number of aliphatic hydroxyl groups is 1. The molecule has 2 N–H and O–H groups in total. The Bertz CT molecular complexity index is 845. The van der Waals surface area contributed by atoms with E-state index in [1.807, 2.05) is 48.5 Å². The Balaban J connectivity index is 2.07. The van der Waals surface area contributed by atoms with Gasteiger partial charge in [0.2, 0.25) is 0 Å². The molecule has 22 heavy (non-hydrogen) atoms. The third-order valence-electron chi connectivity index (χ3n) is 3.33. The highest BCUT2D eigenvalue weighted by Crippen LogP contribution is 2.31. The Labute approximate surface area is 132 Å². The Morgan fingerprint density at radius 2 is 1.82 bits per heavy atom. The number of hydrogen-bond donors (Lipinski definition) is 2. The average molecular weight is 310 g/mol. The van der Waals surface area contributed by atoms with Crippen LogP contribution in [-0.2, 0) is 0 Å². The number of fused-ring (bicyclic) bond motifs is 1. The summed E-state index contributed by atoms with van der Waals surface area (Å²) in [5, 5.41) is 19.0. The third kappa shape index (κ3) is 2.54. The summed E-state index contributed by atoms with van der Waals surface area (Å²) in [6.07, 6.45) is 0. The second-order valence-corrected chi connectivity index (χ2v) is 5.18. The van der Waals surface area contributed by atoms with E-state index in [-0.39, 0.29) is 11.3 Å². The number of aliphatic hydroxyl groups excluding tert-OH is 1. The van der Waals surface area contributed by atoms with Gasteiger partial charge in [0.25, 0.3) is 0 Å². The van der Waals surface area contributed by atoms with Crippen molar-refractivity contribution in [2.24, 2.45) is 0 Å². The molecule has 0 aliphatic heterocycles. The minimum absolute atomic E-state index is 0.0417. The van der Waals surface area contributed by atoms with Crippen LogP contribution >= 0.6 is 11.6 Å². The summed E-state index contributed by atoms with van der Waals surface area (Å²) < 4.78 is 0. The summed E-state index contributed by atoms with van der Waals surface area (Å²) in [6.45, 7) is 0. The predicted octanol–water partition coefficient (Wildman–Crippen LogP) is 4.34. The molecule has 0 bridgehead atoms. The number of benzene rings is 2. The van der Waals surface area contributed by atoms with Gasteiger partial charge in [-0.2, -0.15) is 5.26 Å². The molecule has 2 aromatic carbocycles. The Kier molecular flexibility index (Phi) is 3.82. The number of nitrogens with zero attached hydrogens (tertiary/aromatic N) is 2. The molecule has 1 unspecified atom stereocenters. The van der Waals surface area contributed by atoms with Crippen molar-refractivity contribution in [1.82, 2.24) is 9.97 Å². The van der Waals surface area contributed by atoms with Crippen LogP contribution in [0.15, 0.2) is 60.4 Å². The lowest BCUT2D eigenvalue weighted by Crippen LogP contribution is -1.99. The fraction of sp³-hybridized carbons (Fsp3) is 0.0588. The molecule has 0 radical (unpaired) electrons. The highest BCUT2D eigenvalue weighted by molar-refractivity contribution is 6.23. The molecule has 4 nitrogen and oxygen atoms in total. The minimum atomic E-state index is -0.802. The first-order valence-electron chi connectivity index (χ1n) is 6.68. The Morgan fingerprint density at radius 1 is 1.14 bits per heavy atom. The quantitative estimate of drug-likeness (QED) is 0.429. The number of rotatable bonds is 3. The summed E-state index contributed by atoms with van der Waals surface area (Å²) in [5.74, 6) is 0.0946. The van der Waals surface area contributed by atoms with Crippen LogP contribution in [0.3, 0.4) is 0 Å². The number of nitriles is 1. The van der Waals surface area contributed by atoms with Crippen LogP contribution in [0.4, 0.5) is 0 Å². The zero-order chi connectivity index (χ0) is 15.5. The van der Waals surface area contributed by atoms with Crippen LogP contribution in [0, 0.1) is 11.3 Å². The maximum absolute atomic E-state index is 10.4. The maximum Gasteiger partial charge on any atom is 0.152 e. The molecule has 3 aromatic rings. The molecule has 0 amide bonds. The highest BCUT2D eigenvalue weighted by atomic mass is 35.5. The minimum Gasteiger partial charge on any atom is -0.509 e. The molecule has 5 heteroatoms. The summed E-state index contributed by atoms with van der Waals surface area (Å²) >= 11 is 6.28. The number of para-hydroxylation sites is 2. The maximum atomic E-state index is 10.4. The third-order valence-corrected chi connectivity index (χ3v) is 3.79. The lowest BCUT2D eigenvalue weighted by molar-refractivity contribution is 0.397. The van der Waals surface area contributed by atoms with Crippen molar-refractivity contribution in [2.75, 3.05) is 0 Å². The molecule has 1 atom stereocenters. The van der Waals surface area contributed by atoms with Gasteiger partial charge >= 0.3 is 0 Å². The Hall–Kier alpha value is -2.77. The molecule has 0 saturated carbocycles. The monoisotopic (exact) mass is 309 g/mol. The van der Waals surface area contributed by atoms with E-state index in [1.54, 1.807) is 12.1 Å². The molecule has 3 rings (SSSR count). The molecular weight excluding hydrogens is 298 g/mol. The lowest BCUT2D eigenvalue weighted by atomic mass is 10.1. The number of aromatic amines is 1. The summed E-state index contributed by atoms with van der Waals surface area (Å²) in [6, 6.07) is 18.5. The molecule has 0 spiro atoms. The zero-order valence-electron chi connectivity index (χ0n) is 11.5. The molecule has 0 fully saturated rings. The van der Waals surface area contributed by atoms with Gasteiger partial charge in [-0.15, -0.1) is 11.6 Å². The zero-order valence-corrected chi connectivity index (χ0v) is 12.2. The van der Waals surface area contributed by atoms with Crippen molar-refractivity contribution in [3.05, 3.63) is 71.7 Å². The van der Waals surface area contributed by atoms with Crippen molar-refractivity contribution >= 4 is 28.2 Å². The van der Waals surface area contributed by atoms with Gasteiger partial charge in [0, 0.05) is 0 Å². The second-order valence-electron chi connectivity index (χ2n) is 4.75. The number of hydrogen-bond acceptors (Lipinski definition) is 3. The van der Waals surface area contributed by atoms with E-state index in [0.29, 0.717) is 11.4 Å². The van der Waals surface area contributed by atoms with Crippen molar-refractivity contribution in [3.8, 4) is 6.07 Å². The van der Waals surface area contributed by atoms with Crippen molar-refractivity contribution in [2.45, 2.75) is 5.38 Å². The van der Waals surface area contributed by atoms with Gasteiger partial charge in [0.1, 0.15) is 22.8 Å². The first-order valence-corrected chi connectivity index (χ1v) is 7.11. The molecule has 0 aliphatic carbocycles. The summed E-state index contributed by atoms with van der Waals surface area (Å²) in [4.78, 5) is 7.35. The van der Waals surface area contributed by atoms with Gasteiger partial charge in [0.05, 0.1) is 11.0 Å². The van der Waals surface area contributed by atoms with Crippen molar-refractivity contribution in [3.63, 3.8) is 0 Å². The molecule has 1 aromatic heterocycles. The van der Waals surface area contributed by atoms with E-state index in [2.05, 4.69) is 9.97 Å². The topological polar surface area (TPSA) is 72.7 Å². The predicted molar refractivity (Wildman–Crippen MR) is 86.3 cm³/mol. The number of halogens is 1. The van der Waals surface area contributed by atoms with Crippen LogP contribution < -0.4 is 0 Å². The standard InChI is InChI=1S/C17H12ClN3O/c18-15(11-6-2-1-3-7-11)16(22)12(10-19)17-20-13-8-4-5-9-14(13)21-17/h1-9,15,22H,(H,20,21)/b16-12+. The Morgan fingerprint density at radius 3 is 2.50 bits per heavy atom. The normalized spacial score (nSPS) is 13.5. The van der Waals surface area contributed by atoms with Crippen LogP contribution in [0.2, 0.25) is 0 Å². The SMILES string of the molecule is N#C/C(=C(\O)C(Cl)c1ccccc1)c1nc2ccccc2[nH]1. The molecule has 1 heterocycles. The van der Waals surface area contributed by atoms with E-state index in [1.165, 1.54) is 0 Å². The lowest BCUT2D eigenvalue weighted by Gasteiger charge is -2.10. The largest absolute Gasteiger partial charge is 0.509 e. The number of allylic oxidation sites excluding steroid dienone is 2. The van der Waals surface area contributed by atoms with Crippen LogP contribution in [0.25, 0.3) is 16.6 Å². The van der Waals surface area contributed by atoms with Crippen molar-refractivity contribution in [1.29, 1.82) is 5.26 Å². The van der Waals surface area contributed by atoms with Gasteiger partial charge in [-0.3, -0.25) is 0 Å². The number of H-pyrrole nitrogens is 1. The van der Waals surface area contributed by atoms with Gasteiger partial charge in [-0.05, 0) is 17.7 Å². The first kappa shape index (κ1) is 14.2. The van der Waals surface area contributed by atoms with Gasteiger partial charge < -0.3 is 10.1 Å². The highest BCUT2D eigenvalue weighted by Gasteiger charge is 2.20. The summed E-state index contributed by atoms with van der Waals surface area (Å²) in [5.41, 5.74) is 2.28. The van der Waals surface area contributed by atoms with E-state index < -0.39 is 5.38 Å². The average Bonchev–Trinajstić information content (AvgIpc) is 2.99. The number of aromatic nitrogens is 2. The van der Waals surface area contributed by atoms with E-state index in [4.69, 9.17) is 11.6 Å². The van der Waals surface area contributed by atoms with Gasteiger partial charge in [0.15, 0.2) is 5.82 Å². The van der Waals surface area contributed by atoms with E-state index >= 15 is 0 Å². The van der Waals surface area contributed by atoms with E-state index in [9.17, 15) is 10.4 Å². The smallest absolute Gasteiger partial charge is 0.152 e. The van der Waals surface area contributed by atoms with Crippen LogP contribution in [-0.4, -0.2) is 15.1 Å². The number of alkyl halides is 1. The molecular formula is C17H12ClN3O. The number of imidazole rings is 1. The van der Waals surface area contributed by atoms with Crippen LogP contribution in [0.5, 0.6) is 0 Å². The molecule has 108 valence electrons.